The van der Waals surface area contributed by atoms with Gasteiger partial charge in [-0.3, -0.25) is 4.99 Å². The second-order valence-corrected chi connectivity index (χ2v) is 4.83. The molecule has 0 bridgehead atoms. The first-order valence-electron chi connectivity index (χ1n) is 4.68. The molecule has 12 heavy (non-hydrogen) atoms. The Morgan fingerprint density at radius 2 is 1.67 bits per heavy atom. The van der Waals surface area contributed by atoms with E-state index < -0.39 is 0 Å². The van der Waals surface area contributed by atoms with Crippen LogP contribution in [0, 0.1) is 5.41 Å². The fourth-order valence-electron chi connectivity index (χ4n) is 0.720. The molecule has 0 atom stereocenters. The maximum atomic E-state index is 5.38. The number of amidine groups is 1. The third-order valence-electron chi connectivity index (χ3n) is 1.16. The predicted octanol–water partition coefficient (Wildman–Crippen LogP) is 2.58. The highest BCUT2D eigenvalue weighted by Crippen LogP contribution is 2.08. The van der Waals surface area contributed by atoms with E-state index in [0.29, 0.717) is 5.41 Å². The number of nitrogens with two attached hydrogens (primary N) is 1. The van der Waals surface area contributed by atoms with Gasteiger partial charge >= 0.3 is 0 Å². The Bertz CT molecular complexity index is 136. The van der Waals surface area contributed by atoms with Crippen LogP contribution in [0.15, 0.2) is 4.99 Å². The molecule has 72 valence electrons. The summed E-state index contributed by atoms with van der Waals surface area (Å²) in [5, 5.41) is 0. The SMILES string of the molecule is CC(C)(C)C.NC1=NCCCC1. The Balaban J connectivity index is 0.000000217. The molecule has 0 amide bonds. The molecule has 1 aliphatic heterocycles. The molecule has 0 aromatic carbocycles. The van der Waals surface area contributed by atoms with Gasteiger partial charge in [-0.05, 0) is 18.3 Å². The molecule has 0 radical (unpaired) electrons. The third kappa shape index (κ3) is 12.2. The molecule has 2 nitrogen and oxygen atoms in total. The van der Waals surface area contributed by atoms with Gasteiger partial charge in [-0.15, -0.1) is 0 Å². The summed E-state index contributed by atoms with van der Waals surface area (Å²) in [6, 6.07) is 0. The fraction of sp³-hybridized carbons (Fsp3) is 0.900. The second-order valence-electron chi connectivity index (χ2n) is 4.83. The van der Waals surface area contributed by atoms with Crippen molar-refractivity contribution in [2.45, 2.75) is 47.0 Å². The van der Waals surface area contributed by atoms with E-state index in [4.69, 9.17) is 5.73 Å². The van der Waals surface area contributed by atoms with Crippen LogP contribution in [0.1, 0.15) is 47.0 Å². The molecule has 0 fully saturated rings. The van der Waals surface area contributed by atoms with Crippen LogP contribution >= 0.6 is 0 Å². The Labute approximate surface area is 76.3 Å². The van der Waals surface area contributed by atoms with Crippen LogP contribution in [0.25, 0.3) is 0 Å². The highest BCUT2D eigenvalue weighted by molar-refractivity contribution is 5.80. The molecular formula is C10H22N2. The first kappa shape index (κ1) is 11.5. The molecule has 0 spiro atoms. The summed E-state index contributed by atoms with van der Waals surface area (Å²) in [6.07, 6.45) is 3.47. The van der Waals surface area contributed by atoms with Gasteiger partial charge in [0.15, 0.2) is 0 Å². The van der Waals surface area contributed by atoms with Crippen LogP contribution in [-0.4, -0.2) is 12.4 Å². The average molecular weight is 170 g/mol. The molecule has 1 aliphatic rings. The molecule has 0 saturated heterocycles. The maximum Gasteiger partial charge on any atom is 0.0937 e. The summed E-state index contributed by atoms with van der Waals surface area (Å²) >= 11 is 0. The summed E-state index contributed by atoms with van der Waals surface area (Å²) in [7, 11) is 0. The molecule has 0 aromatic heterocycles. The smallest absolute Gasteiger partial charge is 0.0937 e. The van der Waals surface area contributed by atoms with Crippen LogP contribution in [0.4, 0.5) is 0 Å². The summed E-state index contributed by atoms with van der Waals surface area (Å²) < 4.78 is 0. The highest BCUT2D eigenvalue weighted by atomic mass is 14.9. The molecule has 2 heteroatoms. The van der Waals surface area contributed by atoms with E-state index in [1.807, 2.05) is 0 Å². The van der Waals surface area contributed by atoms with Gasteiger partial charge in [0.05, 0.1) is 5.84 Å². The van der Waals surface area contributed by atoms with Gasteiger partial charge in [-0.2, -0.15) is 0 Å². The Kier molecular flexibility index (Phi) is 4.95. The molecule has 0 aromatic rings. The summed E-state index contributed by atoms with van der Waals surface area (Å²) in [5.74, 6) is 0.839. The van der Waals surface area contributed by atoms with Crippen LogP contribution in [0.2, 0.25) is 0 Å². The van der Waals surface area contributed by atoms with Crippen LogP contribution < -0.4 is 5.73 Å². The van der Waals surface area contributed by atoms with E-state index in [1.54, 1.807) is 0 Å². The minimum absolute atomic E-state index is 0.500. The van der Waals surface area contributed by atoms with Gasteiger partial charge in [-0.25, -0.2) is 0 Å². The van der Waals surface area contributed by atoms with Crippen molar-refractivity contribution in [3.05, 3.63) is 0 Å². The van der Waals surface area contributed by atoms with Crippen molar-refractivity contribution in [2.24, 2.45) is 16.1 Å². The van der Waals surface area contributed by atoms with Gasteiger partial charge in [0.1, 0.15) is 0 Å². The number of aliphatic imine (C=N–C) groups is 1. The van der Waals surface area contributed by atoms with Gasteiger partial charge < -0.3 is 5.73 Å². The van der Waals surface area contributed by atoms with Gasteiger partial charge in [0.25, 0.3) is 0 Å². The van der Waals surface area contributed by atoms with E-state index in [9.17, 15) is 0 Å². The van der Waals surface area contributed by atoms with Gasteiger partial charge in [0, 0.05) is 13.0 Å². The van der Waals surface area contributed by atoms with Crippen LogP contribution in [0.5, 0.6) is 0 Å². The Morgan fingerprint density at radius 3 is 1.83 bits per heavy atom. The zero-order chi connectivity index (χ0) is 9.61. The lowest BCUT2D eigenvalue weighted by Crippen LogP contribution is -2.15. The van der Waals surface area contributed by atoms with E-state index in [0.717, 1.165) is 18.8 Å². The normalized spacial score (nSPS) is 17.5. The fourth-order valence-corrected chi connectivity index (χ4v) is 0.720. The van der Waals surface area contributed by atoms with Gasteiger partial charge in [-0.1, -0.05) is 27.7 Å². The highest BCUT2D eigenvalue weighted by Gasteiger charge is 1.97. The first-order chi connectivity index (χ1) is 5.39. The van der Waals surface area contributed by atoms with Crippen molar-refractivity contribution in [2.75, 3.05) is 6.54 Å². The molecule has 0 saturated carbocycles. The van der Waals surface area contributed by atoms with Crippen molar-refractivity contribution in [3.63, 3.8) is 0 Å². The number of rotatable bonds is 0. The lowest BCUT2D eigenvalue weighted by Gasteiger charge is -2.05. The average Bonchev–Trinajstić information content (AvgIpc) is 1.85. The minimum atomic E-state index is 0.500. The topological polar surface area (TPSA) is 38.4 Å². The molecule has 2 N–H and O–H groups in total. The van der Waals surface area contributed by atoms with Crippen molar-refractivity contribution >= 4 is 5.84 Å². The van der Waals surface area contributed by atoms with E-state index in [2.05, 4.69) is 32.7 Å². The number of hydrogen-bond donors (Lipinski definition) is 1. The molecular weight excluding hydrogens is 148 g/mol. The van der Waals surface area contributed by atoms with Crippen LogP contribution in [-0.2, 0) is 0 Å². The monoisotopic (exact) mass is 170 g/mol. The molecule has 0 aliphatic carbocycles. The van der Waals surface area contributed by atoms with Crippen LogP contribution in [0.3, 0.4) is 0 Å². The molecule has 1 heterocycles. The zero-order valence-corrected chi connectivity index (χ0v) is 8.85. The minimum Gasteiger partial charge on any atom is -0.387 e. The van der Waals surface area contributed by atoms with Crippen molar-refractivity contribution in [1.82, 2.24) is 0 Å². The summed E-state index contributed by atoms with van der Waals surface area (Å²) in [6.45, 7) is 9.70. The maximum absolute atomic E-state index is 5.38. The predicted molar refractivity (Wildman–Crippen MR) is 55.5 cm³/mol. The molecule has 0 unspecified atom stereocenters. The first-order valence-corrected chi connectivity index (χ1v) is 4.68. The zero-order valence-electron chi connectivity index (χ0n) is 8.85. The third-order valence-corrected chi connectivity index (χ3v) is 1.16. The quantitative estimate of drug-likeness (QED) is 0.596. The second kappa shape index (κ2) is 5.18. The van der Waals surface area contributed by atoms with Crippen molar-refractivity contribution in [1.29, 1.82) is 0 Å². The van der Waals surface area contributed by atoms with Crippen molar-refractivity contribution < 1.29 is 0 Å². The van der Waals surface area contributed by atoms with Crippen molar-refractivity contribution in [3.8, 4) is 0 Å². The largest absolute Gasteiger partial charge is 0.387 e. The lowest BCUT2D eigenvalue weighted by molar-refractivity contribution is 0.469. The Morgan fingerprint density at radius 1 is 1.17 bits per heavy atom. The lowest BCUT2D eigenvalue weighted by atomic mass is 10.0. The van der Waals surface area contributed by atoms with E-state index in [1.165, 1.54) is 12.8 Å². The standard InChI is InChI=1S/C5H10N2.C5H12/c6-5-3-1-2-4-7-5;1-5(2,3)4/h1-4H2,(H2,6,7);1-4H3. The van der Waals surface area contributed by atoms with Gasteiger partial charge in [0.2, 0.25) is 0 Å². The Hall–Kier alpha value is -0.530. The number of nitrogens with zero attached hydrogens (tertiary/aromatic N) is 1. The summed E-state index contributed by atoms with van der Waals surface area (Å²) in [4.78, 5) is 4.02. The summed E-state index contributed by atoms with van der Waals surface area (Å²) in [5.41, 5.74) is 5.88. The van der Waals surface area contributed by atoms with E-state index >= 15 is 0 Å². The van der Waals surface area contributed by atoms with E-state index in [-0.39, 0.29) is 0 Å². The number of hydrogen-bond acceptors (Lipinski definition) is 2. The molecule has 1 rings (SSSR count).